The molecule has 0 bridgehead atoms. The van der Waals surface area contributed by atoms with Crippen LogP contribution in [-0.2, 0) is 6.54 Å². The summed E-state index contributed by atoms with van der Waals surface area (Å²) in [5.41, 5.74) is 2.08. The van der Waals surface area contributed by atoms with E-state index in [2.05, 4.69) is 46.7 Å². The zero-order chi connectivity index (χ0) is 9.90. The van der Waals surface area contributed by atoms with Gasteiger partial charge in [0.25, 0.3) is 0 Å². The first kappa shape index (κ1) is 11.1. The van der Waals surface area contributed by atoms with Crippen LogP contribution in [0.3, 0.4) is 0 Å². The van der Waals surface area contributed by atoms with Crippen LogP contribution >= 0.6 is 27.3 Å². The highest BCUT2D eigenvalue weighted by molar-refractivity contribution is 9.09. The first-order chi connectivity index (χ1) is 6.06. The van der Waals surface area contributed by atoms with Gasteiger partial charge in [0.1, 0.15) is 0 Å². The van der Waals surface area contributed by atoms with Gasteiger partial charge >= 0.3 is 0 Å². The summed E-state index contributed by atoms with van der Waals surface area (Å²) in [4.78, 5) is 7.71. The van der Waals surface area contributed by atoms with Crippen molar-refractivity contribution in [3.8, 4) is 0 Å². The summed E-state index contributed by atoms with van der Waals surface area (Å²) in [6, 6.07) is 0. The van der Waals surface area contributed by atoms with E-state index >= 15 is 0 Å². The van der Waals surface area contributed by atoms with Gasteiger partial charge in [-0.15, -0.1) is 11.3 Å². The molecule has 1 aromatic rings. The summed E-state index contributed by atoms with van der Waals surface area (Å²) in [5, 5.41) is 0.981. The van der Waals surface area contributed by atoms with E-state index in [0.717, 1.165) is 11.9 Å². The van der Waals surface area contributed by atoms with Crippen LogP contribution in [0.1, 0.15) is 18.7 Å². The molecule has 0 saturated carbocycles. The van der Waals surface area contributed by atoms with Crippen LogP contribution in [0, 0.1) is 0 Å². The molecule has 0 unspecified atom stereocenters. The van der Waals surface area contributed by atoms with Crippen molar-refractivity contribution in [1.82, 2.24) is 9.88 Å². The van der Waals surface area contributed by atoms with Crippen molar-refractivity contribution >= 4 is 27.3 Å². The molecule has 4 heteroatoms. The van der Waals surface area contributed by atoms with Crippen LogP contribution in [-0.4, -0.2) is 27.8 Å². The molecular formula is C9H15BrN2S. The number of alkyl halides is 1. The molecule has 1 rings (SSSR count). The highest BCUT2D eigenvalue weighted by atomic mass is 79.9. The number of hydrogen-bond acceptors (Lipinski definition) is 3. The highest BCUT2D eigenvalue weighted by Crippen LogP contribution is 2.19. The Bertz CT molecular complexity index is 246. The summed E-state index contributed by atoms with van der Waals surface area (Å²) < 4.78 is 0. The molecule has 0 radical (unpaired) electrons. The maximum atomic E-state index is 4.06. The molecule has 0 aliphatic carbocycles. The second-order valence-electron chi connectivity index (χ2n) is 3.77. The third-order valence-corrected chi connectivity index (χ3v) is 4.37. The van der Waals surface area contributed by atoms with Gasteiger partial charge in [0, 0.05) is 28.5 Å². The summed E-state index contributed by atoms with van der Waals surface area (Å²) >= 11 is 5.23. The fourth-order valence-corrected chi connectivity index (χ4v) is 1.95. The predicted molar refractivity (Wildman–Crippen MR) is 61.5 cm³/mol. The Hall–Kier alpha value is 0.0700. The fraction of sp³-hybridized carbons (Fsp3) is 0.667. The molecule has 1 heterocycles. The lowest BCUT2D eigenvalue weighted by Gasteiger charge is -2.33. The number of rotatable bonds is 4. The van der Waals surface area contributed by atoms with E-state index in [1.807, 2.05) is 11.7 Å². The lowest BCUT2D eigenvalue weighted by molar-refractivity contribution is 0.175. The van der Waals surface area contributed by atoms with Gasteiger partial charge in [0.2, 0.25) is 0 Å². The average Bonchev–Trinajstić information content (AvgIpc) is 2.57. The number of hydrogen-bond donors (Lipinski definition) is 0. The van der Waals surface area contributed by atoms with Gasteiger partial charge in [-0.05, 0) is 20.9 Å². The summed E-state index contributed by atoms with van der Waals surface area (Å²) in [5.74, 6) is 0. The minimum Gasteiger partial charge on any atom is -0.295 e. The van der Waals surface area contributed by atoms with E-state index in [0.29, 0.717) is 0 Å². The normalized spacial score (nSPS) is 12.4. The Balaban J connectivity index is 2.55. The summed E-state index contributed by atoms with van der Waals surface area (Å²) in [6.07, 6.45) is 1.94. The molecule has 0 amide bonds. The topological polar surface area (TPSA) is 16.1 Å². The van der Waals surface area contributed by atoms with Crippen molar-refractivity contribution in [1.29, 1.82) is 0 Å². The van der Waals surface area contributed by atoms with Crippen LogP contribution in [0.5, 0.6) is 0 Å². The largest absolute Gasteiger partial charge is 0.295 e. The minimum absolute atomic E-state index is 0.198. The van der Waals surface area contributed by atoms with Gasteiger partial charge < -0.3 is 0 Å². The van der Waals surface area contributed by atoms with Crippen molar-refractivity contribution in [2.24, 2.45) is 0 Å². The smallest absolute Gasteiger partial charge is 0.0794 e. The van der Waals surface area contributed by atoms with Gasteiger partial charge in [0.15, 0.2) is 0 Å². The SMILES string of the molecule is CN(Cc1cncs1)C(C)(C)CBr. The molecular weight excluding hydrogens is 248 g/mol. The molecule has 0 N–H and O–H groups in total. The second-order valence-corrected chi connectivity index (χ2v) is 5.30. The first-order valence-corrected chi connectivity index (χ1v) is 6.21. The van der Waals surface area contributed by atoms with Crippen molar-refractivity contribution < 1.29 is 0 Å². The number of aromatic nitrogens is 1. The molecule has 0 atom stereocenters. The number of nitrogens with zero attached hydrogens (tertiary/aromatic N) is 2. The van der Waals surface area contributed by atoms with Gasteiger partial charge in [-0.3, -0.25) is 9.88 Å². The maximum Gasteiger partial charge on any atom is 0.0794 e. The van der Waals surface area contributed by atoms with Crippen LogP contribution < -0.4 is 0 Å². The molecule has 0 fully saturated rings. The van der Waals surface area contributed by atoms with E-state index in [4.69, 9.17) is 0 Å². The Kier molecular flexibility index (Phi) is 3.88. The van der Waals surface area contributed by atoms with Gasteiger partial charge in [-0.25, -0.2) is 0 Å². The third kappa shape index (κ3) is 3.04. The third-order valence-electron chi connectivity index (χ3n) is 2.24. The van der Waals surface area contributed by atoms with Crippen molar-refractivity contribution in [3.05, 3.63) is 16.6 Å². The Morgan fingerprint density at radius 2 is 2.31 bits per heavy atom. The molecule has 74 valence electrons. The minimum atomic E-state index is 0.198. The highest BCUT2D eigenvalue weighted by Gasteiger charge is 2.21. The zero-order valence-electron chi connectivity index (χ0n) is 8.25. The second kappa shape index (κ2) is 4.53. The number of thiazole rings is 1. The molecule has 0 aliphatic rings. The molecule has 2 nitrogen and oxygen atoms in total. The Morgan fingerprint density at radius 3 is 2.77 bits per heavy atom. The standard InChI is InChI=1S/C9H15BrN2S/c1-9(2,6-10)12(3)5-8-4-11-7-13-8/h4,7H,5-6H2,1-3H3. The Labute approximate surface area is 92.1 Å². The van der Waals surface area contributed by atoms with Gasteiger partial charge in [0.05, 0.1) is 5.51 Å². The van der Waals surface area contributed by atoms with Crippen molar-refractivity contribution in [3.63, 3.8) is 0 Å². The average molecular weight is 263 g/mol. The lowest BCUT2D eigenvalue weighted by atomic mass is 10.1. The first-order valence-electron chi connectivity index (χ1n) is 4.21. The van der Waals surface area contributed by atoms with Crippen LogP contribution in [0.4, 0.5) is 0 Å². The van der Waals surface area contributed by atoms with E-state index < -0.39 is 0 Å². The summed E-state index contributed by atoms with van der Waals surface area (Å²) in [6.45, 7) is 5.43. The predicted octanol–water partition coefficient (Wildman–Crippen LogP) is 2.75. The van der Waals surface area contributed by atoms with Crippen LogP contribution in [0.2, 0.25) is 0 Å². The van der Waals surface area contributed by atoms with E-state index in [1.165, 1.54) is 4.88 Å². The monoisotopic (exact) mass is 262 g/mol. The van der Waals surface area contributed by atoms with E-state index in [9.17, 15) is 0 Å². The van der Waals surface area contributed by atoms with E-state index in [1.54, 1.807) is 11.3 Å². The molecule has 0 aromatic carbocycles. The molecule has 0 spiro atoms. The van der Waals surface area contributed by atoms with Crippen molar-refractivity contribution in [2.75, 3.05) is 12.4 Å². The van der Waals surface area contributed by atoms with Crippen LogP contribution in [0.25, 0.3) is 0 Å². The molecule has 0 saturated heterocycles. The molecule has 1 aromatic heterocycles. The molecule has 13 heavy (non-hydrogen) atoms. The van der Waals surface area contributed by atoms with Gasteiger partial charge in [-0.2, -0.15) is 0 Å². The van der Waals surface area contributed by atoms with Crippen molar-refractivity contribution in [2.45, 2.75) is 25.9 Å². The quantitative estimate of drug-likeness (QED) is 0.776. The van der Waals surface area contributed by atoms with E-state index in [-0.39, 0.29) is 5.54 Å². The lowest BCUT2D eigenvalue weighted by Crippen LogP contribution is -2.41. The number of halogens is 1. The van der Waals surface area contributed by atoms with Crippen LogP contribution in [0.15, 0.2) is 11.7 Å². The fourth-order valence-electron chi connectivity index (χ4n) is 0.870. The Morgan fingerprint density at radius 1 is 1.62 bits per heavy atom. The van der Waals surface area contributed by atoms with Gasteiger partial charge in [-0.1, -0.05) is 15.9 Å². The maximum absolute atomic E-state index is 4.06. The molecule has 0 aliphatic heterocycles. The zero-order valence-corrected chi connectivity index (χ0v) is 10.7. The summed E-state index contributed by atoms with van der Waals surface area (Å²) in [7, 11) is 2.14.